The summed E-state index contributed by atoms with van der Waals surface area (Å²) in [5, 5.41) is 0. The number of hydrogen-bond acceptors (Lipinski definition) is 6. The number of esters is 1. The number of amides is 1. The van der Waals surface area contributed by atoms with Crippen molar-refractivity contribution in [3.8, 4) is 11.1 Å². The van der Waals surface area contributed by atoms with Crippen LogP contribution in [0.1, 0.15) is 72.3 Å². The van der Waals surface area contributed by atoms with Crippen LogP contribution in [0.3, 0.4) is 0 Å². The van der Waals surface area contributed by atoms with E-state index >= 15 is 0 Å². The molecule has 7 nitrogen and oxygen atoms in total. The van der Waals surface area contributed by atoms with Crippen LogP contribution in [0.4, 0.5) is 4.79 Å². The topological polar surface area (TPSA) is 90.9 Å². The molecule has 0 saturated carbocycles. The Morgan fingerprint density at radius 3 is 2.46 bits per heavy atom. The first-order valence-corrected chi connectivity index (χ1v) is 15.2. The largest absolute Gasteiger partial charge is 0.598 e. The molecule has 1 amide bonds. The maximum absolute atomic E-state index is 13.5. The fourth-order valence-electron chi connectivity index (χ4n) is 5.00. The van der Waals surface area contributed by atoms with E-state index in [2.05, 4.69) is 29.0 Å². The second-order valence-corrected chi connectivity index (χ2v) is 13.1. The van der Waals surface area contributed by atoms with Gasteiger partial charge in [0.25, 0.3) is 0 Å². The zero-order valence-electron chi connectivity index (χ0n) is 24.0. The lowest BCUT2D eigenvalue weighted by Crippen LogP contribution is -2.68. The highest BCUT2D eigenvalue weighted by Crippen LogP contribution is 2.37. The number of benzene rings is 2. The minimum Gasteiger partial charge on any atom is -0.598 e. The average Bonchev–Trinajstić information content (AvgIpc) is 2.90. The maximum atomic E-state index is 13.5. The highest BCUT2D eigenvalue weighted by atomic mass is 32.2. The quantitative estimate of drug-likeness (QED) is 0.206. The number of piperidine rings is 1. The minimum absolute atomic E-state index is 0.00441. The third kappa shape index (κ3) is 8.47. The molecule has 214 valence electrons. The van der Waals surface area contributed by atoms with E-state index in [1.807, 2.05) is 58.0 Å². The van der Waals surface area contributed by atoms with Crippen LogP contribution in [0.2, 0.25) is 0 Å². The van der Waals surface area contributed by atoms with Crippen LogP contribution in [0.15, 0.2) is 54.6 Å². The number of carbonyl (C=O) groups is 2. The van der Waals surface area contributed by atoms with Crippen molar-refractivity contribution in [2.45, 2.75) is 89.5 Å². The summed E-state index contributed by atoms with van der Waals surface area (Å²) in [6.07, 6.45) is 3.00. The van der Waals surface area contributed by atoms with E-state index in [0.717, 1.165) is 29.5 Å². The van der Waals surface area contributed by atoms with Crippen molar-refractivity contribution in [2.24, 2.45) is 0 Å². The first kappa shape index (κ1) is 31.0. The standard InChI is InChI=1S/C31H44N2O5S/c1-6-8-20-38-29(35)33-19-13-18-31(23-28(34)37-7-2,32-39(36)30(3,4)5)27(33)22-24-14-12-17-26(21-24)25-15-10-9-11-16-25/h9-12,14-17,21,27,32H,6-8,13,18-20,22-23H2,1-5H3. The van der Waals surface area contributed by atoms with E-state index in [1.165, 1.54) is 0 Å². The predicted molar refractivity (Wildman–Crippen MR) is 157 cm³/mol. The van der Waals surface area contributed by atoms with Gasteiger partial charge in [0.1, 0.15) is 4.75 Å². The number of unbranched alkanes of at least 4 members (excludes halogenated alkanes) is 1. The molecule has 39 heavy (non-hydrogen) atoms. The molecule has 0 bridgehead atoms. The van der Waals surface area contributed by atoms with Crippen molar-refractivity contribution in [3.05, 3.63) is 60.2 Å². The summed E-state index contributed by atoms with van der Waals surface area (Å²) in [7, 11) is 0. The Morgan fingerprint density at radius 1 is 1.08 bits per heavy atom. The Balaban J connectivity index is 2.05. The number of hydrogen-bond donors (Lipinski definition) is 1. The van der Waals surface area contributed by atoms with Crippen molar-refractivity contribution in [1.29, 1.82) is 0 Å². The van der Waals surface area contributed by atoms with Gasteiger partial charge in [0.15, 0.2) is 0 Å². The molecule has 0 spiro atoms. The SMILES string of the molecule is CCCCOC(=O)N1CCCC(CC(=O)OCC)(N[S+]([O-])C(C)(C)C)C1Cc1cccc(-c2ccccc2)c1. The minimum atomic E-state index is -1.48. The fraction of sp³-hybridized carbons (Fsp3) is 0.548. The lowest BCUT2D eigenvalue weighted by Gasteiger charge is -2.49. The zero-order chi connectivity index (χ0) is 28.5. The van der Waals surface area contributed by atoms with Crippen LogP contribution in [0, 0.1) is 0 Å². The van der Waals surface area contributed by atoms with Crippen molar-refractivity contribution in [1.82, 2.24) is 9.62 Å². The summed E-state index contributed by atoms with van der Waals surface area (Å²) in [6, 6.07) is 17.9. The van der Waals surface area contributed by atoms with Crippen LogP contribution in [0.25, 0.3) is 11.1 Å². The van der Waals surface area contributed by atoms with E-state index in [0.29, 0.717) is 32.4 Å². The summed E-state index contributed by atoms with van der Waals surface area (Å²) < 4.78 is 27.3. The summed E-state index contributed by atoms with van der Waals surface area (Å²) in [5.41, 5.74) is 2.24. The molecule has 1 saturated heterocycles. The zero-order valence-corrected chi connectivity index (χ0v) is 24.9. The van der Waals surface area contributed by atoms with E-state index < -0.39 is 33.8 Å². The average molecular weight is 557 g/mol. The Morgan fingerprint density at radius 2 is 1.79 bits per heavy atom. The first-order valence-electron chi connectivity index (χ1n) is 14.0. The lowest BCUT2D eigenvalue weighted by atomic mass is 9.76. The van der Waals surface area contributed by atoms with E-state index in [1.54, 1.807) is 11.8 Å². The number of nitrogens with one attached hydrogen (secondary N) is 1. The van der Waals surface area contributed by atoms with Gasteiger partial charge in [0.2, 0.25) is 0 Å². The van der Waals surface area contributed by atoms with Crippen LogP contribution in [-0.4, -0.2) is 57.6 Å². The maximum Gasteiger partial charge on any atom is 0.410 e. The highest BCUT2D eigenvalue weighted by molar-refractivity contribution is 7.90. The summed E-state index contributed by atoms with van der Waals surface area (Å²) in [4.78, 5) is 28.1. The monoisotopic (exact) mass is 556 g/mol. The molecular formula is C31H44N2O5S. The molecule has 1 fully saturated rings. The number of rotatable bonds is 11. The number of carbonyl (C=O) groups excluding carboxylic acids is 2. The van der Waals surface area contributed by atoms with Crippen LogP contribution in [-0.2, 0) is 32.1 Å². The van der Waals surface area contributed by atoms with Crippen LogP contribution >= 0.6 is 0 Å². The molecule has 1 N–H and O–H groups in total. The van der Waals surface area contributed by atoms with Crippen LogP contribution < -0.4 is 4.72 Å². The third-order valence-electron chi connectivity index (χ3n) is 7.07. The van der Waals surface area contributed by atoms with Gasteiger partial charge in [0.05, 0.1) is 31.2 Å². The fourth-order valence-corrected chi connectivity index (χ4v) is 5.98. The lowest BCUT2D eigenvalue weighted by molar-refractivity contribution is -0.146. The molecule has 3 unspecified atom stereocenters. The van der Waals surface area contributed by atoms with Gasteiger partial charge in [0, 0.05) is 17.9 Å². The normalized spacial score (nSPS) is 20.4. The molecule has 3 rings (SSSR count). The molecule has 1 aliphatic rings. The molecule has 1 heterocycles. The molecule has 0 radical (unpaired) electrons. The molecule has 0 aromatic heterocycles. The summed E-state index contributed by atoms with van der Waals surface area (Å²) >= 11 is -1.48. The van der Waals surface area contributed by atoms with Gasteiger partial charge >= 0.3 is 12.1 Å². The van der Waals surface area contributed by atoms with Crippen molar-refractivity contribution >= 4 is 23.4 Å². The van der Waals surface area contributed by atoms with Crippen molar-refractivity contribution < 1.29 is 23.6 Å². The van der Waals surface area contributed by atoms with Gasteiger partial charge < -0.3 is 18.9 Å². The van der Waals surface area contributed by atoms with Crippen molar-refractivity contribution in [3.63, 3.8) is 0 Å². The van der Waals surface area contributed by atoms with Crippen molar-refractivity contribution in [2.75, 3.05) is 19.8 Å². The Hall–Kier alpha value is -2.55. The summed E-state index contributed by atoms with van der Waals surface area (Å²) in [6.45, 7) is 10.6. The van der Waals surface area contributed by atoms with Gasteiger partial charge in [-0.25, -0.2) is 4.79 Å². The molecule has 3 atom stereocenters. The highest BCUT2D eigenvalue weighted by Gasteiger charge is 2.52. The molecule has 2 aromatic carbocycles. The van der Waals surface area contributed by atoms with Gasteiger partial charge in [-0.3, -0.25) is 4.79 Å². The van der Waals surface area contributed by atoms with Gasteiger partial charge in [-0.15, -0.1) is 4.72 Å². The van der Waals surface area contributed by atoms with E-state index in [9.17, 15) is 14.1 Å². The number of ether oxygens (including phenoxy) is 2. The number of likely N-dealkylation sites (tertiary alicyclic amines) is 1. The van der Waals surface area contributed by atoms with Crippen LogP contribution in [0.5, 0.6) is 0 Å². The molecular weight excluding hydrogens is 512 g/mol. The first-order chi connectivity index (χ1) is 18.6. The third-order valence-corrected chi connectivity index (χ3v) is 8.78. The molecule has 8 heteroatoms. The molecule has 2 aromatic rings. The Bertz CT molecular complexity index is 1070. The van der Waals surface area contributed by atoms with E-state index in [4.69, 9.17) is 9.47 Å². The van der Waals surface area contributed by atoms with Gasteiger partial charge in [-0.05, 0) is 70.1 Å². The predicted octanol–water partition coefficient (Wildman–Crippen LogP) is 6.04. The molecule has 0 aliphatic carbocycles. The Labute approximate surface area is 237 Å². The second kappa shape index (κ2) is 14.2. The van der Waals surface area contributed by atoms with Gasteiger partial charge in [-0.2, -0.15) is 0 Å². The summed E-state index contributed by atoms with van der Waals surface area (Å²) in [5.74, 6) is -0.375. The second-order valence-electron chi connectivity index (χ2n) is 11.2. The number of nitrogens with zero attached hydrogens (tertiary/aromatic N) is 1. The van der Waals surface area contributed by atoms with Gasteiger partial charge in [-0.1, -0.05) is 67.9 Å². The Kier molecular flexibility index (Phi) is 11.3. The smallest absolute Gasteiger partial charge is 0.410 e. The van der Waals surface area contributed by atoms with E-state index in [-0.39, 0.29) is 19.0 Å². The molecule has 1 aliphatic heterocycles.